The van der Waals surface area contributed by atoms with Gasteiger partial charge in [-0.25, -0.2) is 0 Å². The monoisotopic (exact) mass is 507 g/mol. The molecule has 1 aliphatic heterocycles. The van der Waals surface area contributed by atoms with Crippen molar-refractivity contribution in [2.24, 2.45) is 0 Å². The SMILES string of the molecule is COc1cc(/C(O)=C2/C(=O)C(=O)N(c3cccc(C(F)(F)F)c3)C2c2sccc2C)ccc1Cl. The van der Waals surface area contributed by atoms with Gasteiger partial charge in [0.15, 0.2) is 0 Å². The number of rotatable bonds is 4. The highest BCUT2D eigenvalue weighted by atomic mass is 35.5. The molecule has 176 valence electrons. The molecular formula is C24H17ClF3NO4S. The second kappa shape index (κ2) is 8.81. The number of halogens is 4. The third-order valence-electron chi connectivity index (χ3n) is 5.47. The average Bonchev–Trinajstić information content (AvgIpc) is 3.33. The molecule has 34 heavy (non-hydrogen) atoms. The highest BCUT2D eigenvalue weighted by Crippen LogP contribution is 2.46. The quantitative estimate of drug-likeness (QED) is 0.253. The van der Waals surface area contributed by atoms with Gasteiger partial charge in [0.1, 0.15) is 17.6 Å². The molecule has 1 unspecified atom stereocenters. The molecule has 2 heterocycles. The summed E-state index contributed by atoms with van der Waals surface area (Å²) in [5, 5.41) is 13.1. The van der Waals surface area contributed by atoms with Crippen LogP contribution >= 0.6 is 22.9 Å². The Balaban J connectivity index is 1.95. The minimum Gasteiger partial charge on any atom is -0.507 e. The number of thiophene rings is 1. The normalized spacial score (nSPS) is 17.9. The van der Waals surface area contributed by atoms with E-state index in [0.29, 0.717) is 10.4 Å². The zero-order valence-electron chi connectivity index (χ0n) is 17.8. The third-order valence-corrected chi connectivity index (χ3v) is 6.85. The summed E-state index contributed by atoms with van der Waals surface area (Å²) >= 11 is 7.28. The predicted octanol–water partition coefficient (Wildman–Crippen LogP) is 6.36. The summed E-state index contributed by atoms with van der Waals surface area (Å²) < 4.78 is 45.2. The number of ketones is 1. The Bertz CT molecular complexity index is 1330. The first-order valence-corrected chi connectivity index (χ1v) is 11.2. The number of methoxy groups -OCH3 is 1. The van der Waals surface area contributed by atoms with E-state index in [2.05, 4.69) is 0 Å². The number of benzene rings is 2. The largest absolute Gasteiger partial charge is 0.507 e. The first kappa shape index (κ1) is 23.8. The minimum atomic E-state index is -4.64. The first-order valence-electron chi connectivity index (χ1n) is 9.90. The molecule has 10 heteroatoms. The van der Waals surface area contributed by atoms with Crippen LogP contribution in [-0.4, -0.2) is 23.9 Å². The number of amides is 1. The molecule has 1 saturated heterocycles. The van der Waals surface area contributed by atoms with Crippen LogP contribution in [0.3, 0.4) is 0 Å². The summed E-state index contributed by atoms with van der Waals surface area (Å²) in [6, 6.07) is 9.15. The van der Waals surface area contributed by atoms with Crippen LogP contribution in [0.15, 0.2) is 59.5 Å². The number of hydrogen-bond donors (Lipinski definition) is 1. The Hall–Kier alpha value is -3.30. The topological polar surface area (TPSA) is 66.8 Å². The van der Waals surface area contributed by atoms with Gasteiger partial charge >= 0.3 is 6.18 Å². The minimum absolute atomic E-state index is 0.109. The molecule has 1 fully saturated rings. The molecule has 0 radical (unpaired) electrons. The molecule has 1 N–H and O–H groups in total. The second-order valence-corrected chi connectivity index (χ2v) is 8.89. The van der Waals surface area contributed by atoms with E-state index in [-0.39, 0.29) is 27.6 Å². The summed E-state index contributed by atoms with van der Waals surface area (Å²) in [6.45, 7) is 1.75. The van der Waals surface area contributed by atoms with E-state index in [9.17, 15) is 27.9 Å². The fourth-order valence-corrected chi connectivity index (χ4v) is 5.03. The van der Waals surface area contributed by atoms with Crippen molar-refractivity contribution >= 4 is 46.1 Å². The van der Waals surface area contributed by atoms with Gasteiger partial charge in [-0.05, 0) is 60.3 Å². The number of anilines is 1. The van der Waals surface area contributed by atoms with Crippen LogP contribution in [0.5, 0.6) is 5.75 Å². The maximum atomic E-state index is 13.4. The van der Waals surface area contributed by atoms with Crippen LogP contribution in [0, 0.1) is 6.92 Å². The molecular weight excluding hydrogens is 491 g/mol. The molecule has 1 amide bonds. The number of aryl methyl sites for hydroxylation is 1. The first-order chi connectivity index (χ1) is 16.0. The van der Waals surface area contributed by atoms with Crippen molar-refractivity contribution in [3.05, 3.63) is 86.1 Å². The Kier molecular flexibility index (Phi) is 6.18. The van der Waals surface area contributed by atoms with Crippen molar-refractivity contribution in [2.45, 2.75) is 19.1 Å². The molecule has 0 spiro atoms. The van der Waals surface area contributed by atoms with Crippen molar-refractivity contribution in [3.8, 4) is 5.75 Å². The summed E-state index contributed by atoms with van der Waals surface area (Å²) in [6.07, 6.45) is -4.64. The van der Waals surface area contributed by atoms with Gasteiger partial charge in [-0.3, -0.25) is 14.5 Å². The Labute approximate surface area is 201 Å². The van der Waals surface area contributed by atoms with Crippen LogP contribution in [0.4, 0.5) is 18.9 Å². The third kappa shape index (κ3) is 4.05. The summed E-state index contributed by atoms with van der Waals surface area (Å²) in [5.41, 5.74) is -0.424. The molecule has 0 bridgehead atoms. The van der Waals surface area contributed by atoms with E-state index in [0.717, 1.165) is 17.0 Å². The Morgan fingerprint density at radius 1 is 1.15 bits per heavy atom. The molecule has 1 aromatic heterocycles. The summed E-state index contributed by atoms with van der Waals surface area (Å²) in [4.78, 5) is 27.8. The number of carbonyl (C=O) groups is 2. The molecule has 1 atom stereocenters. The van der Waals surface area contributed by atoms with E-state index in [1.54, 1.807) is 18.4 Å². The van der Waals surface area contributed by atoms with E-state index in [4.69, 9.17) is 16.3 Å². The molecule has 1 aliphatic rings. The number of Topliss-reactive ketones (excluding diaryl/α,β-unsaturated/α-hetero) is 1. The highest BCUT2D eigenvalue weighted by Gasteiger charge is 2.48. The van der Waals surface area contributed by atoms with Crippen LogP contribution in [0.1, 0.15) is 27.6 Å². The number of hydrogen-bond acceptors (Lipinski definition) is 5. The van der Waals surface area contributed by atoms with Crippen LogP contribution < -0.4 is 9.64 Å². The van der Waals surface area contributed by atoms with Crippen molar-refractivity contribution in [2.75, 3.05) is 12.0 Å². The number of aliphatic hydroxyl groups is 1. The number of alkyl halides is 3. The van der Waals surface area contributed by atoms with E-state index in [1.807, 2.05) is 0 Å². The second-order valence-electron chi connectivity index (χ2n) is 7.53. The number of nitrogens with zero attached hydrogens (tertiary/aromatic N) is 1. The van der Waals surface area contributed by atoms with Gasteiger partial charge in [0, 0.05) is 16.1 Å². The molecule has 4 rings (SSSR count). The zero-order chi connectivity index (χ0) is 24.8. The fourth-order valence-electron chi connectivity index (χ4n) is 3.81. The molecule has 2 aromatic carbocycles. The number of aliphatic hydroxyl groups excluding tert-OH is 1. The fraction of sp³-hybridized carbons (Fsp3) is 0.167. The standard InChI is InChI=1S/C24H17ClF3NO4S/c1-12-8-9-34-22(12)19-18(20(30)13-6-7-16(25)17(10-13)33-2)21(31)23(32)29(19)15-5-3-4-14(11-15)24(26,27)28/h3-11,19,30H,1-2H3/b20-18-. The number of carbonyl (C=O) groups excluding carboxylic acids is 2. The van der Waals surface area contributed by atoms with E-state index in [1.165, 1.54) is 48.8 Å². The number of ether oxygens (including phenoxy) is 1. The van der Waals surface area contributed by atoms with Crippen LogP contribution in [0.25, 0.3) is 5.76 Å². The summed E-state index contributed by atoms with van der Waals surface area (Å²) in [7, 11) is 1.38. The van der Waals surface area contributed by atoms with Gasteiger partial charge in [0.2, 0.25) is 0 Å². The van der Waals surface area contributed by atoms with Gasteiger partial charge in [-0.2, -0.15) is 13.2 Å². The summed E-state index contributed by atoms with van der Waals surface area (Å²) in [5.74, 6) is -2.30. The van der Waals surface area contributed by atoms with Gasteiger partial charge in [-0.1, -0.05) is 17.7 Å². The molecule has 5 nitrogen and oxygen atoms in total. The Morgan fingerprint density at radius 3 is 2.50 bits per heavy atom. The average molecular weight is 508 g/mol. The lowest BCUT2D eigenvalue weighted by Gasteiger charge is -2.25. The van der Waals surface area contributed by atoms with Gasteiger partial charge in [-0.15, -0.1) is 11.3 Å². The maximum absolute atomic E-state index is 13.4. The molecule has 0 saturated carbocycles. The molecule has 3 aromatic rings. The van der Waals surface area contributed by atoms with Crippen molar-refractivity contribution in [1.29, 1.82) is 0 Å². The van der Waals surface area contributed by atoms with E-state index < -0.39 is 35.2 Å². The molecule has 0 aliphatic carbocycles. The van der Waals surface area contributed by atoms with Gasteiger partial charge < -0.3 is 9.84 Å². The van der Waals surface area contributed by atoms with Gasteiger partial charge in [0.05, 0.1) is 23.3 Å². The lowest BCUT2D eigenvalue weighted by molar-refractivity contribution is -0.137. The van der Waals surface area contributed by atoms with Crippen molar-refractivity contribution < 1.29 is 32.6 Å². The van der Waals surface area contributed by atoms with Crippen LogP contribution in [0.2, 0.25) is 5.02 Å². The lowest BCUT2D eigenvalue weighted by Crippen LogP contribution is -2.29. The highest BCUT2D eigenvalue weighted by molar-refractivity contribution is 7.10. The van der Waals surface area contributed by atoms with Gasteiger partial charge in [0.25, 0.3) is 11.7 Å². The van der Waals surface area contributed by atoms with Crippen molar-refractivity contribution in [3.63, 3.8) is 0 Å². The lowest BCUT2D eigenvalue weighted by atomic mass is 9.98. The Morgan fingerprint density at radius 2 is 1.88 bits per heavy atom. The van der Waals surface area contributed by atoms with Crippen LogP contribution in [-0.2, 0) is 15.8 Å². The smallest absolute Gasteiger partial charge is 0.416 e. The maximum Gasteiger partial charge on any atom is 0.416 e. The van der Waals surface area contributed by atoms with E-state index >= 15 is 0 Å². The zero-order valence-corrected chi connectivity index (χ0v) is 19.4. The predicted molar refractivity (Wildman–Crippen MR) is 123 cm³/mol. The van der Waals surface area contributed by atoms with Crippen molar-refractivity contribution in [1.82, 2.24) is 0 Å².